The Morgan fingerprint density at radius 1 is 0.933 bits per heavy atom. The van der Waals surface area contributed by atoms with Gasteiger partial charge in [0, 0.05) is 17.2 Å². The maximum Gasteiger partial charge on any atom is 0.229 e. The van der Waals surface area contributed by atoms with Gasteiger partial charge in [0.2, 0.25) is 5.91 Å². The van der Waals surface area contributed by atoms with Crippen LogP contribution in [0.25, 0.3) is 32.8 Å². The van der Waals surface area contributed by atoms with E-state index in [4.69, 9.17) is 12.2 Å². The lowest BCUT2D eigenvalue weighted by Gasteiger charge is -2.17. The summed E-state index contributed by atoms with van der Waals surface area (Å²) in [7, 11) is 0. The zero-order valence-corrected chi connectivity index (χ0v) is 19.7. The SMILES string of the molecule is CC(=O)n1c(=S)c2c(c3cc(-c4cccc5ccccc45)c(C)cc31)SC(C)(C)S2. The lowest BCUT2D eigenvalue weighted by atomic mass is 9.93. The van der Waals surface area contributed by atoms with Crippen LogP contribution in [-0.4, -0.2) is 14.6 Å². The number of aryl methyl sites for hydroxylation is 1. The van der Waals surface area contributed by atoms with E-state index < -0.39 is 0 Å². The number of aromatic nitrogens is 1. The second-order valence-electron chi connectivity index (χ2n) is 8.13. The number of benzene rings is 3. The van der Waals surface area contributed by atoms with Crippen LogP contribution in [0.2, 0.25) is 0 Å². The third-order valence-corrected chi connectivity index (χ3v) is 8.88. The summed E-state index contributed by atoms with van der Waals surface area (Å²) in [5.41, 5.74) is 4.45. The molecule has 0 atom stereocenters. The lowest BCUT2D eigenvalue weighted by molar-refractivity contribution is 0.0938. The number of carbonyl (C=O) groups is 1. The monoisotopic (exact) mass is 447 g/mol. The molecular weight excluding hydrogens is 426 g/mol. The van der Waals surface area contributed by atoms with Crippen molar-refractivity contribution in [2.75, 3.05) is 0 Å². The van der Waals surface area contributed by atoms with E-state index >= 15 is 0 Å². The number of nitrogens with zero attached hydrogens (tertiary/aromatic N) is 1. The van der Waals surface area contributed by atoms with E-state index in [1.807, 2.05) is 11.8 Å². The Morgan fingerprint density at radius 3 is 2.40 bits per heavy atom. The Morgan fingerprint density at radius 2 is 1.63 bits per heavy atom. The number of hydrogen-bond donors (Lipinski definition) is 0. The summed E-state index contributed by atoms with van der Waals surface area (Å²) in [6.45, 7) is 8.12. The summed E-state index contributed by atoms with van der Waals surface area (Å²) >= 11 is 9.37. The highest BCUT2D eigenvalue weighted by Crippen LogP contribution is 2.58. The van der Waals surface area contributed by atoms with Crippen molar-refractivity contribution >= 4 is 63.3 Å². The molecule has 150 valence electrons. The Balaban J connectivity index is 1.90. The highest BCUT2D eigenvalue weighted by atomic mass is 32.2. The van der Waals surface area contributed by atoms with Crippen molar-refractivity contribution in [3.8, 4) is 11.1 Å². The van der Waals surface area contributed by atoms with Crippen LogP contribution in [0.5, 0.6) is 0 Å². The first-order valence-corrected chi connectivity index (χ1v) is 11.9. The first-order chi connectivity index (χ1) is 14.3. The van der Waals surface area contributed by atoms with Crippen LogP contribution >= 0.6 is 35.7 Å². The van der Waals surface area contributed by atoms with Gasteiger partial charge in [-0.05, 0) is 60.4 Å². The van der Waals surface area contributed by atoms with Gasteiger partial charge in [-0.2, -0.15) is 0 Å². The molecule has 0 spiro atoms. The highest BCUT2D eigenvalue weighted by Gasteiger charge is 2.34. The number of hydrogen-bond acceptors (Lipinski definition) is 4. The van der Waals surface area contributed by atoms with Crippen molar-refractivity contribution in [2.24, 2.45) is 0 Å². The molecule has 1 aliphatic heterocycles. The van der Waals surface area contributed by atoms with Crippen molar-refractivity contribution in [1.29, 1.82) is 0 Å². The van der Waals surface area contributed by atoms with Gasteiger partial charge in [-0.25, -0.2) is 0 Å². The highest BCUT2D eigenvalue weighted by molar-refractivity contribution is 8.20. The van der Waals surface area contributed by atoms with E-state index in [0.717, 1.165) is 21.4 Å². The summed E-state index contributed by atoms with van der Waals surface area (Å²) in [6, 6.07) is 19.3. The van der Waals surface area contributed by atoms with Crippen LogP contribution in [0.15, 0.2) is 64.4 Å². The quantitative estimate of drug-likeness (QED) is 0.275. The average Bonchev–Trinajstić information content (AvgIpc) is 3.03. The summed E-state index contributed by atoms with van der Waals surface area (Å²) in [4.78, 5) is 14.8. The molecule has 1 aromatic heterocycles. The second kappa shape index (κ2) is 6.98. The van der Waals surface area contributed by atoms with Crippen LogP contribution in [0.4, 0.5) is 0 Å². The first-order valence-electron chi connectivity index (χ1n) is 9.87. The fraction of sp³-hybridized carbons (Fsp3) is 0.200. The second-order valence-corrected chi connectivity index (χ2v) is 12.0. The van der Waals surface area contributed by atoms with Gasteiger partial charge < -0.3 is 0 Å². The number of rotatable bonds is 1. The Bertz CT molecular complexity index is 1430. The smallest absolute Gasteiger partial charge is 0.229 e. The predicted octanol–water partition coefficient (Wildman–Crippen LogP) is 8.09. The minimum atomic E-state index is -0.0413. The molecule has 0 N–H and O–H groups in total. The summed E-state index contributed by atoms with van der Waals surface area (Å²) in [5.74, 6) is -0.0413. The van der Waals surface area contributed by atoms with Gasteiger partial charge in [-0.1, -0.05) is 54.7 Å². The molecule has 0 saturated heterocycles. The fourth-order valence-corrected chi connectivity index (χ4v) is 7.52. The first kappa shape index (κ1) is 19.9. The van der Waals surface area contributed by atoms with Crippen LogP contribution in [0, 0.1) is 11.6 Å². The van der Waals surface area contributed by atoms with Gasteiger partial charge in [-0.15, -0.1) is 23.5 Å². The van der Waals surface area contributed by atoms with Crippen LogP contribution in [0.3, 0.4) is 0 Å². The molecule has 3 aromatic carbocycles. The molecule has 2 nitrogen and oxygen atoms in total. The van der Waals surface area contributed by atoms with E-state index in [0.29, 0.717) is 4.64 Å². The lowest BCUT2D eigenvalue weighted by Crippen LogP contribution is -2.10. The molecule has 0 saturated carbocycles. The molecule has 5 rings (SSSR count). The molecule has 0 fully saturated rings. The van der Waals surface area contributed by atoms with E-state index in [2.05, 4.69) is 75.4 Å². The van der Waals surface area contributed by atoms with Crippen LogP contribution in [-0.2, 0) is 0 Å². The number of fused-ring (bicyclic) bond motifs is 4. The predicted molar refractivity (Wildman–Crippen MR) is 133 cm³/mol. The number of pyridine rings is 1. The molecule has 1 aliphatic rings. The Labute approximate surface area is 189 Å². The minimum absolute atomic E-state index is 0.0106. The standard InChI is InChI=1S/C25H21NOS3/c1-14-12-21-20(13-19(14)18-11-7-9-16-8-5-6-10-17(16)18)22-23(30-25(3,4)29-22)24(28)26(21)15(2)27/h5-13H,1-4H3. The zero-order chi connectivity index (χ0) is 21.2. The molecule has 0 radical (unpaired) electrons. The molecule has 5 heteroatoms. The van der Waals surface area contributed by atoms with E-state index in [1.54, 1.807) is 23.3 Å². The van der Waals surface area contributed by atoms with Crippen molar-refractivity contribution in [3.63, 3.8) is 0 Å². The average molecular weight is 448 g/mol. The molecule has 0 amide bonds. The maximum absolute atomic E-state index is 12.6. The normalized spacial score (nSPS) is 14.9. The molecule has 0 aliphatic carbocycles. The third-order valence-electron chi connectivity index (χ3n) is 5.52. The zero-order valence-electron chi connectivity index (χ0n) is 17.3. The van der Waals surface area contributed by atoms with Crippen molar-refractivity contribution in [1.82, 2.24) is 4.57 Å². The van der Waals surface area contributed by atoms with Gasteiger partial charge in [0.1, 0.15) is 4.64 Å². The molecular formula is C25H21NOS3. The van der Waals surface area contributed by atoms with E-state index in [9.17, 15) is 4.79 Å². The number of carbonyl (C=O) groups excluding carboxylic acids is 1. The third kappa shape index (κ3) is 3.03. The molecule has 2 heterocycles. The maximum atomic E-state index is 12.6. The van der Waals surface area contributed by atoms with E-state index in [-0.39, 0.29) is 9.99 Å². The van der Waals surface area contributed by atoms with Crippen LogP contribution in [0.1, 0.15) is 31.1 Å². The summed E-state index contributed by atoms with van der Waals surface area (Å²) < 4.78 is 2.33. The fourth-order valence-electron chi connectivity index (χ4n) is 4.26. The van der Waals surface area contributed by atoms with Gasteiger partial charge in [0.05, 0.1) is 14.5 Å². The summed E-state index contributed by atoms with van der Waals surface area (Å²) in [5, 5.41) is 3.57. The molecule has 30 heavy (non-hydrogen) atoms. The van der Waals surface area contributed by atoms with E-state index in [1.165, 1.54) is 26.8 Å². The van der Waals surface area contributed by atoms with Gasteiger partial charge in [0.25, 0.3) is 0 Å². The molecule has 0 bridgehead atoms. The van der Waals surface area contributed by atoms with Crippen molar-refractivity contribution < 1.29 is 4.79 Å². The minimum Gasteiger partial charge on any atom is -0.274 e. The molecule has 0 unspecified atom stereocenters. The van der Waals surface area contributed by atoms with Crippen LogP contribution < -0.4 is 0 Å². The van der Waals surface area contributed by atoms with Gasteiger partial charge in [-0.3, -0.25) is 9.36 Å². The molecule has 4 aromatic rings. The van der Waals surface area contributed by atoms with Gasteiger partial charge >= 0.3 is 0 Å². The Hall–Kier alpha value is -2.08. The van der Waals surface area contributed by atoms with Crippen molar-refractivity contribution in [2.45, 2.75) is 41.6 Å². The summed E-state index contributed by atoms with van der Waals surface area (Å²) in [6.07, 6.45) is 0. The Kier molecular flexibility index (Phi) is 4.62. The van der Waals surface area contributed by atoms with Gasteiger partial charge in [0.15, 0.2) is 0 Å². The largest absolute Gasteiger partial charge is 0.274 e. The topological polar surface area (TPSA) is 22.0 Å². The van der Waals surface area contributed by atoms with Crippen molar-refractivity contribution in [3.05, 3.63) is 64.8 Å². The number of thioether (sulfide) groups is 2.